The van der Waals surface area contributed by atoms with E-state index in [0.29, 0.717) is 32.0 Å². The van der Waals surface area contributed by atoms with E-state index in [2.05, 4.69) is 40.0 Å². The SMILES string of the molecule is CCN(Cc1cccc2c1OCCO2)C(=O)c1n[nH]c(C(C)C)c1Br. The molecular formula is C18H22BrN3O3. The first-order chi connectivity index (χ1) is 12.0. The van der Waals surface area contributed by atoms with Crippen LogP contribution in [0.3, 0.4) is 0 Å². The summed E-state index contributed by atoms with van der Waals surface area (Å²) in [6.07, 6.45) is 0. The molecule has 7 heteroatoms. The molecule has 0 saturated heterocycles. The Morgan fingerprint density at radius 2 is 2.12 bits per heavy atom. The van der Waals surface area contributed by atoms with E-state index in [4.69, 9.17) is 9.47 Å². The highest BCUT2D eigenvalue weighted by Crippen LogP contribution is 2.34. The Morgan fingerprint density at radius 3 is 2.80 bits per heavy atom. The van der Waals surface area contributed by atoms with E-state index in [1.54, 1.807) is 4.90 Å². The molecule has 0 saturated carbocycles. The third-order valence-electron chi connectivity index (χ3n) is 4.19. The molecule has 0 spiro atoms. The van der Waals surface area contributed by atoms with Crippen molar-refractivity contribution in [3.63, 3.8) is 0 Å². The van der Waals surface area contributed by atoms with Gasteiger partial charge >= 0.3 is 0 Å². The summed E-state index contributed by atoms with van der Waals surface area (Å²) in [5, 5.41) is 7.17. The molecule has 1 aliphatic heterocycles. The summed E-state index contributed by atoms with van der Waals surface area (Å²) in [5.41, 5.74) is 2.27. The van der Waals surface area contributed by atoms with Crippen LogP contribution in [0, 0.1) is 0 Å². The minimum absolute atomic E-state index is 0.119. The number of H-pyrrole nitrogens is 1. The summed E-state index contributed by atoms with van der Waals surface area (Å²) in [6, 6.07) is 5.76. The normalized spacial score (nSPS) is 13.2. The molecule has 3 rings (SSSR count). The van der Waals surface area contributed by atoms with Crippen LogP contribution in [0.15, 0.2) is 22.7 Å². The number of carbonyl (C=O) groups is 1. The Kier molecular flexibility index (Phi) is 5.32. The lowest BCUT2D eigenvalue weighted by Gasteiger charge is -2.25. The van der Waals surface area contributed by atoms with Crippen LogP contribution >= 0.6 is 15.9 Å². The first-order valence-corrected chi connectivity index (χ1v) is 9.22. The second kappa shape index (κ2) is 7.47. The Balaban J connectivity index is 1.85. The molecule has 0 bridgehead atoms. The molecule has 0 atom stereocenters. The van der Waals surface area contributed by atoms with Gasteiger partial charge in [-0.2, -0.15) is 5.10 Å². The van der Waals surface area contributed by atoms with Crippen LogP contribution in [0.4, 0.5) is 0 Å². The van der Waals surface area contributed by atoms with Crippen LogP contribution in [0.1, 0.15) is 48.4 Å². The number of ether oxygens (including phenoxy) is 2. The summed E-state index contributed by atoms with van der Waals surface area (Å²) < 4.78 is 12.1. The number of hydrogen-bond donors (Lipinski definition) is 1. The van der Waals surface area contributed by atoms with Crippen LogP contribution in [0.2, 0.25) is 0 Å². The molecule has 2 heterocycles. The van der Waals surface area contributed by atoms with E-state index in [1.165, 1.54) is 0 Å². The number of fused-ring (bicyclic) bond motifs is 1. The van der Waals surface area contributed by atoms with Crippen LogP contribution in [-0.2, 0) is 6.54 Å². The number of rotatable bonds is 5. The van der Waals surface area contributed by atoms with Crippen molar-refractivity contribution in [3.8, 4) is 11.5 Å². The number of nitrogens with zero attached hydrogens (tertiary/aromatic N) is 2. The lowest BCUT2D eigenvalue weighted by Crippen LogP contribution is -2.31. The molecule has 134 valence electrons. The topological polar surface area (TPSA) is 67.5 Å². The second-order valence-corrected chi connectivity index (χ2v) is 7.01. The lowest BCUT2D eigenvalue weighted by atomic mass is 10.1. The Bertz CT molecular complexity index is 773. The Morgan fingerprint density at radius 1 is 1.36 bits per heavy atom. The standard InChI is InChI=1S/C18H22BrN3O3/c1-4-22(18(23)16-14(19)15(11(2)3)20-21-16)10-12-6-5-7-13-17(12)25-9-8-24-13/h5-7,11H,4,8-10H2,1-3H3,(H,20,21). The Labute approximate surface area is 155 Å². The van der Waals surface area contributed by atoms with Gasteiger partial charge in [0.05, 0.1) is 10.2 Å². The van der Waals surface area contributed by atoms with Crippen LogP contribution in [-0.4, -0.2) is 40.8 Å². The first kappa shape index (κ1) is 17.8. The zero-order chi connectivity index (χ0) is 18.0. The van der Waals surface area contributed by atoms with E-state index in [1.807, 2.05) is 25.1 Å². The van der Waals surface area contributed by atoms with Gasteiger partial charge in [-0.1, -0.05) is 26.0 Å². The van der Waals surface area contributed by atoms with E-state index in [0.717, 1.165) is 27.2 Å². The van der Waals surface area contributed by atoms with Crippen LogP contribution in [0.5, 0.6) is 11.5 Å². The number of halogens is 1. The van der Waals surface area contributed by atoms with Crippen molar-refractivity contribution in [2.75, 3.05) is 19.8 Å². The molecule has 25 heavy (non-hydrogen) atoms. The molecule has 0 radical (unpaired) electrons. The van der Waals surface area contributed by atoms with E-state index >= 15 is 0 Å². The number of para-hydroxylation sites is 1. The highest BCUT2D eigenvalue weighted by molar-refractivity contribution is 9.10. The highest BCUT2D eigenvalue weighted by Gasteiger charge is 2.25. The van der Waals surface area contributed by atoms with Crippen molar-refractivity contribution < 1.29 is 14.3 Å². The van der Waals surface area contributed by atoms with Crippen LogP contribution < -0.4 is 9.47 Å². The fourth-order valence-electron chi connectivity index (χ4n) is 2.81. The average molecular weight is 408 g/mol. The van der Waals surface area contributed by atoms with Crippen molar-refractivity contribution in [3.05, 3.63) is 39.6 Å². The molecule has 1 aromatic carbocycles. The van der Waals surface area contributed by atoms with Gasteiger partial charge in [-0.15, -0.1) is 0 Å². The van der Waals surface area contributed by atoms with Crippen LogP contribution in [0.25, 0.3) is 0 Å². The zero-order valence-electron chi connectivity index (χ0n) is 14.6. The largest absolute Gasteiger partial charge is 0.486 e. The maximum atomic E-state index is 12.9. The van der Waals surface area contributed by atoms with Crippen molar-refractivity contribution in [2.45, 2.75) is 33.2 Å². The monoisotopic (exact) mass is 407 g/mol. The summed E-state index contributed by atoms with van der Waals surface area (Å²) in [6.45, 7) is 8.14. The summed E-state index contributed by atoms with van der Waals surface area (Å²) in [4.78, 5) is 14.7. The molecule has 0 fully saturated rings. The number of benzene rings is 1. The van der Waals surface area contributed by atoms with Crippen molar-refractivity contribution >= 4 is 21.8 Å². The first-order valence-electron chi connectivity index (χ1n) is 8.43. The fourth-order valence-corrected chi connectivity index (χ4v) is 3.61. The van der Waals surface area contributed by atoms with Gasteiger partial charge in [0.15, 0.2) is 17.2 Å². The van der Waals surface area contributed by atoms with Gasteiger partial charge in [0.25, 0.3) is 5.91 Å². The van der Waals surface area contributed by atoms with Gasteiger partial charge in [-0.25, -0.2) is 0 Å². The number of aromatic nitrogens is 2. The fraction of sp³-hybridized carbons (Fsp3) is 0.444. The molecule has 2 aromatic rings. The van der Waals surface area contributed by atoms with E-state index in [-0.39, 0.29) is 11.8 Å². The summed E-state index contributed by atoms with van der Waals surface area (Å²) in [7, 11) is 0. The van der Waals surface area contributed by atoms with Gasteiger partial charge in [0.1, 0.15) is 13.2 Å². The molecule has 1 amide bonds. The number of hydrogen-bond acceptors (Lipinski definition) is 4. The molecular weight excluding hydrogens is 386 g/mol. The summed E-state index contributed by atoms with van der Waals surface area (Å²) >= 11 is 3.51. The molecule has 1 N–H and O–H groups in total. The maximum Gasteiger partial charge on any atom is 0.275 e. The van der Waals surface area contributed by atoms with Crippen molar-refractivity contribution in [1.82, 2.24) is 15.1 Å². The predicted octanol–water partition coefficient (Wildman–Crippen LogP) is 3.73. The molecule has 0 aliphatic carbocycles. The van der Waals surface area contributed by atoms with E-state index in [9.17, 15) is 4.79 Å². The summed E-state index contributed by atoms with van der Waals surface area (Å²) in [5.74, 6) is 1.59. The highest BCUT2D eigenvalue weighted by atomic mass is 79.9. The molecule has 6 nitrogen and oxygen atoms in total. The van der Waals surface area contributed by atoms with Gasteiger partial charge in [0.2, 0.25) is 0 Å². The molecule has 1 aromatic heterocycles. The Hall–Kier alpha value is -2.02. The number of nitrogens with one attached hydrogen (secondary N) is 1. The predicted molar refractivity (Wildman–Crippen MR) is 98.2 cm³/mol. The van der Waals surface area contributed by atoms with Crippen molar-refractivity contribution in [1.29, 1.82) is 0 Å². The molecule has 1 aliphatic rings. The second-order valence-electron chi connectivity index (χ2n) is 6.22. The molecule has 0 unspecified atom stereocenters. The van der Waals surface area contributed by atoms with Gasteiger partial charge in [-0.05, 0) is 34.8 Å². The lowest BCUT2D eigenvalue weighted by molar-refractivity contribution is 0.0742. The number of amides is 1. The van der Waals surface area contributed by atoms with Crippen molar-refractivity contribution in [2.24, 2.45) is 0 Å². The van der Waals surface area contributed by atoms with Gasteiger partial charge in [-0.3, -0.25) is 9.89 Å². The minimum atomic E-state index is -0.119. The average Bonchev–Trinajstić information content (AvgIpc) is 3.01. The number of aromatic amines is 1. The quantitative estimate of drug-likeness (QED) is 0.819. The number of carbonyl (C=O) groups excluding carboxylic acids is 1. The minimum Gasteiger partial charge on any atom is -0.486 e. The van der Waals surface area contributed by atoms with E-state index < -0.39 is 0 Å². The third-order valence-corrected chi connectivity index (χ3v) is 4.99. The van der Waals surface area contributed by atoms with Gasteiger partial charge < -0.3 is 14.4 Å². The maximum absolute atomic E-state index is 12.9. The third kappa shape index (κ3) is 3.51. The smallest absolute Gasteiger partial charge is 0.275 e. The van der Waals surface area contributed by atoms with Gasteiger partial charge in [0, 0.05) is 18.7 Å². The zero-order valence-corrected chi connectivity index (χ0v) is 16.2.